The van der Waals surface area contributed by atoms with Crippen molar-refractivity contribution in [3.63, 3.8) is 0 Å². The van der Waals surface area contributed by atoms with Gasteiger partial charge in [-0.15, -0.1) is 0 Å². The summed E-state index contributed by atoms with van der Waals surface area (Å²) >= 11 is 7.71. The molecule has 4 rings (SSSR count). The SMILES string of the molecule is CC(=O)c1ccc(C(=O)N(CC2CCCO2)c2nc3c(Cl)cccc3s2)cc1. The first-order chi connectivity index (χ1) is 13.5. The third-order valence-corrected chi connectivity index (χ3v) is 6.13. The van der Waals surface area contributed by atoms with E-state index in [1.807, 2.05) is 12.1 Å². The third kappa shape index (κ3) is 3.81. The number of halogens is 1. The van der Waals surface area contributed by atoms with Gasteiger partial charge < -0.3 is 4.74 Å². The van der Waals surface area contributed by atoms with Crippen molar-refractivity contribution in [3.8, 4) is 0 Å². The topological polar surface area (TPSA) is 59.5 Å². The fourth-order valence-electron chi connectivity index (χ4n) is 3.26. The van der Waals surface area contributed by atoms with Crippen LogP contribution in [-0.2, 0) is 4.74 Å². The number of fused-ring (bicyclic) bond motifs is 1. The summed E-state index contributed by atoms with van der Waals surface area (Å²) in [6.45, 7) is 2.65. The second-order valence-electron chi connectivity index (χ2n) is 6.77. The van der Waals surface area contributed by atoms with E-state index < -0.39 is 0 Å². The van der Waals surface area contributed by atoms with Crippen LogP contribution in [0.5, 0.6) is 0 Å². The van der Waals surface area contributed by atoms with E-state index >= 15 is 0 Å². The van der Waals surface area contributed by atoms with Crippen molar-refractivity contribution in [2.75, 3.05) is 18.1 Å². The Labute approximate surface area is 171 Å². The first kappa shape index (κ1) is 19.1. The molecule has 1 fully saturated rings. The first-order valence-electron chi connectivity index (χ1n) is 9.12. The van der Waals surface area contributed by atoms with Crippen LogP contribution in [0.15, 0.2) is 42.5 Å². The van der Waals surface area contributed by atoms with E-state index in [-0.39, 0.29) is 17.8 Å². The highest BCUT2D eigenvalue weighted by atomic mass is 35.5. The Morgan fingerprint density at radius 1 is 1.21 bits per heavy atom. The van der Waals surface area contributed by atoms with Gasteiger partial charge in [-0.1, -0.05) is 41.1 Å². The van der Waals surface area contributed by atoms with Crippen LogP contribution in [0.25, 0.3) is 10.2 Å². The number of nitrogens with zero attached hydrogens (tertiary/aromatic N) is 2. The van der Waals surface area contributed by atoms with E-state index in [0.717, 1.165) is 17.5 Å². The molecule has 1 atom stereocenters. The number of Topliss-reactive ketones (excluding diaryl/α,β-unsaturated/α-hetero) is 1. The Hall–Kier alpha value is -2.28. The molecule has 7 heteroatoms. The average molecular weight is 415 g/mol. The molecule has 28 heavy (non-hydrogen) atoms. The summed E-state index contributed by atoms with van der Waals surface area (Å²) in [6, 6.07) is 12.3. The molecule has 1 aliphatic heterocycles. The maximum absolute atomic E-state index is 13.3. The third-order valence-electron chi connectivity index (χ3n) is 4.78. The number of carbonyl (C=O) groups excluding carboxylic acids is 2. The molecule has 1 aromatic heterocycles. The van der Waals surface area contributed by atoms with E-state index in [1.165, 1.54) is 18.3 Å². The highest BCUT2D eigenvalue weighted by Gasteiger charge is 2.27. The molecule has 1 aliphatic rings. The second kappa shape index (κ2) is 7.99. The number of ether oxygens (including phenoxy) is 1. The molecule has 0 radical (unpaired) electrons. The van der Waals surface area contributed by atoms with Gasteiger partial charge in [0.15, 0.2) is 10.9 Å². The second-order valence-corrected chi connectivity index (χ2v) is 8.18. The molecule has 0 bridgehead atoms. The lowest BCUT2D eigenvalue weighted by atomic mass is 10.1. The van der Waals surface area contributed by atoms with Crippen LogP contribution in [0.1, 0.15) is 40.5 Å². The minimum atomic E-state index is -0.166. The molecule has 3 aromatic rings. The summed E-state index contributed by atoms with van der Waals surface area (Å²) in [5, 5.41) is 1.16. The van der Waals surface area contributed by atoms with Crippen molar-refractivity contribution >= 4 is 50.0 Å². The van der Waals surface area contributed by atoms with Crippen LogP contribution >= 0.6 is 22.9 Å². The summed E-state index contributed by atoms with van der Waals surface area (Å²) < 4.78 is 6.68. The van der Waals surface area contributed by atoms with Gasteiger partial charge in [0.05, 0.1) is 22.4 Å². The smallest absolute Gasteiger partial charge is 0.260 e. The van der Waals surface area contributed by atoms with Crippen molar-refractivity contribution in [2.24, 2.45) is 0 Å². The number of para-hydroxylation sites is 1. The normalized spacial score (nSPS) is 16.4. The number of ketones is 1. The number of hydrogen-bond acceptors (Lipinski definition) is 5. The number of aromatic nitrogens is 1. The van der Waals surface area contributed by atoms with Gasteiger partial charge in [-0.3, -0.25) is 14.5 Å². The molecular weight excluding hydrogens is 396 g/mol. The zero-order valence-electron chi connectivity index (χ0n) is 15.4. The predicted molar refractivity (Wildman–Crippen MR) is 112 cm³/mol. The van der Waals surface area contributed by atoms with Gasteiger partial charge >= 0.3 is 0 Å². The number of amides is 1. The molecule has 0 aliphatic carbocycles. The lowest BCUT2D eigenvalue weighted by Gasteiger charge is -2.23. The summed E-state index contributed by atoms with van der Waals surface area (Å²) in [7, 11) is 0. The van der Waals surface area contributed by atoms with Gasteiger partial charge in [0.25, 0.3) is 5.91 Å². The fraction of sp³-hybridized carbons (Fsp3) is 0.286. The van der Waals surface area contributed by atoms with E-state index in [1.54, 1.807) is 35.2 Å². The van der Waals surface area contributed by atoms with Gasteiger partial charge in [-0.25, -0.2) is 4.98 Å². The molecule has 1 unspecified atom stereocenters. The minimum Gasteiger partial charge on any atom is -0.376 e. The highest BCUT2D eigenvalue weighted by Crippen LogP contribution is 2.34. The number of anilines is 1. The highest BCUT2D eigenvalue weighted by molar-refractivity contribution is 7.22. The van der Waals surface area contributed by atoms with Crippen LogP contribution < -0.4 is 4.90 Å². The van der Waals surface area contributed by atoms with Crippen LogP contribution in [-0.4, -0.2) is 35.9 Å². The molecule has 1 amide bonds. The number of thiazole rings is 1. The van der Waals surface area contributed by atoms with Crippen LogP contribution in [0, 0.1) is 0 Å². The number of hydrogen-bond donors (Lipinski definition) is 0. The predicted octanol–water partition coefficient (Wildman–Crippen LogP) is 4.98. The summed E-state index contributed by atoms with van der Waals surface area (Å²) in [6.07, 6.45) is 1.90. The molecule has 2 aromatic carbocycles. The fourth-order valence-corrected chi connectivity index (χ4v) is 4.53. The molecule has 1 saturated heterocycles. The standard InChI is InChI=1S/C21H19ClN2O3S/c1-13(25)14-7-9-15(10-8-14)20(26)24(12-16-4-3-11-27-16)21-23-19-17(22)5-2-6-18(19)28-21/h2,5-10,16H,3-4,11-12H2,1H3. The van der Waals surface area contributed by atoms with Gasteiger partial charge in [0.2, 0.25) is 0 Å². The van der Waals surface area contributed by atoms with Gasteiger partial charge in [0, 0.05) is 17.7 Å². The zero-order valence-corrected chi connectivity index (χ0v) is 16.9. The summed E-state index contributed by atoms with van der Waals surface area (Å²) in [4.78, 5) is 31.1. The number of rotatable bonds is 5. The van der Waals surface area contributed by atoms with Crippen molar-refractivity contribution in [2.45, 2.75) is 25.9 Å². The Bertz CT molecular complexity index is 1030. The largest absolute Gasteiger partial charge is 0.376 e. The molecule has 144 valence electrons. The average Bonchev–Trinajstić information content (AvgIpc) is 3.36. The molecule has 0 spiro atoms. The van der Waals surface area contributed by atoms with Crippen molar-refractivity contribution in [1.29, 1.82) is 0 Å². The Balaban J connectivity index is 1.70. The monoisotopic (exact) mass is 414 g/mol. The maximum atomic E-state index is 13.3. The molecule has 0 N–H and O–H groups in total. The molecule has 0 saturated carbocycles. The van der Waals surface area contributed by atoms with Gasteiger partial charge in [0.1, 0.15) is 5.52 Å². The Kier molecular flexibility index (Phi) is 5.44. The molecular formula is C21H19ClN2O3S. The van der Waals surface area contributed by atoms with Crippen molar-refractivity contribution in [3.05, 3.63) is 58.6 Å². The summed E-state index contributed by atoms with van der Waals surface area (Å²) in [5.41, 5.74) is 1.78. The Morgan fingerprint density at radius 3 is 2.61 bits per heavy atom. The lowest BCUT2D eigenvalue weighted by molar-refractivity contribution is 0.0916. The van der Waals surface area contributed by atoms with E-state index in [0.29, 0.717) is 39.9 Å². The zero-order chi connectivity index (χ0) is 19.7. The van der Waals surface area contributed by atoms with Crippen LogP contribution in [0.2, 0.25) is 5.02 Å². The van der Waals surface area contributed by atoms with E-state index in [2.05, 4.69) is 4.98 Å². The van der Waals surface area contributed by atoms with Gasteiger partial charge in [-0.2, -0.15) is 0 Å². The molecule has 2 heterocycles. The number of carbonyl (C=O) groups is 2. The van der Waals surface area contributed by atoms with Crippen LogP contribution in [0.4, 0.5) is 5.13 Å². The maximum Gasteiger partial charge on any atom is 0.260 e. The van der Waals surface area contributed by atoms with Gasteiger partial charge in [-0.05, 0) is 44.0 Å². The Morgan fingerprint density at radius 2 is 1.96 bits per heavy atom. The lowest BCUT2D eigenvalue weighted by Crippen LogP contribution is -2.37. The van der Waals surface area contributed by atoms with E-state index in [9.17, 15) is 9.59 Å². The summed E-state index contributed by atoms with van der Waals surface area (Å²) in [5.74, 6) is -0.197. The minimum absolute atomic E-state index is 0.0112. The molecule has 5 nitrogen and oxygen atoms in total. The van der Waals surface area contributed by atoms with Crippen LogP contribution in [0.3, 0.4) is 0 Å². The first-order valence-corrected chi connectivity index (χ1v) is 10.3. The van der Waals surface area contributed by atoms with E-state index in [4.69, 9.17) is 16.3 Å². The number of benzene rings is 2. The van der Waals surface area contributed by atoms with Crippen molar-refractivity contribution < 1.29 is 14.3 Å². The van der Waals surface area contributed by atoms with Crippen molar-refractivity contribution in [1.82, 2.24) is 4.98 Å². The quantitative estimate of drug-likeness (QED) is 0.552.